The van der Waals surface area contributed by atoms with Crippen LogP contribution < -0.4 is 10.9 Å². The Bertz CT molecular complexity index is 1310. The molecule has 1 atom stereocenters. The number of aromatic nitrogens is 2. The highest BCUT2D eigenvalue weighted by molar-refractivity contribution is 5.77. The van der Waals surface area contributed by atoms with E-state index in [9.17, 15) is 24.2 Å². The van der Waals surface area contributed by atoms with Gasteiger partial charge in [-0.1, -0.05) is 36.1 Å². The number of aliphatic hydroxyl groups is 1. The molecule has 0 bridgehead atoms. The smallest absolute Gasteiger partial charge is 0.293 e. The van der Waals surface area contributed by atoms with Crippen LogP contribution in [0.5, 0.6) is 5.75 Å². The van der Waals surface area contributed by atoms with Crippen molar-refractivity contribution in [2.45, 2.75) is 25.0 Å². The maximum absolute atomic E-state index is 12.6. The van der Waals surface area contributed by atoms with E-state index < -0.39 is 29.8 Å². The predicted molar refractivity (Wildman–Crippen MR) is 132 cm³/mol. The van der Waals surface area contributed by atoms with Crippen molar-refractivity contribution in [3.63, 3.8) is 0 Å². The number of carbonyl (C=O) groups is 1. The summed E-state index contributed by atoms with van der Waals surface area (Å²) in [6.45, 7) is 1.11. The summed E-state index contributed by atoms with van der Waals surface area (Å²) >= 11 is 0. The minimum absolute atomic E-state index is 0.0165. The summed E-state index contributed by atoms with van der Waals surface area (Å²) in [5, 5.41) is 22.0. The van der Waals surface area contributed by atoms with Gasteiger partial charge in [0.1, 0.15) is 0 Å². The lowest BCUT2D eigenvalue weighted by atomic mass is 9.94. The van der Waals surface area contributed by atoms with Crippen LogP contribution in [-0.4, -0.2) is 63.4 Å². The van der Waals surface area contributed by atoms with Gasteiger partial charge < -0.3 is 20.5 Å². The van der Waals surface area contributed by atoms with Gasteiger partial charge in [0.25, 0.3) is 11.5 Å². The monoisotopic (exact) mass is 490 g/mol. The fourth-order valence-corrected chi connectivity index (χ4v) is 4.03. The number of hydrogen-bond acceptors (Lipinski definition) is 6. The zero-order valence-electron chi connectivity index (χ0n) is 19.6. The molecule has 8 nitrogen and oxygen atoms in total. The molecule has 1 aromatic heterocycles. The van der Waals surface area contributed by atoms with Crippen LogP contribution in [0.1, 0.15) is 33.9 Å². The lowest BCUT2D eigenvalue weighted by Gasteiger charge is -2.35. The Morgan fingerprint density at radius 3 is 2.31 bits per heavy atom. The van der Waals surface area contributed by atoms with Gasteiger partial charge in [0, 0.05) is 43.2 Å². The van der Waals surface area contributed by atoms with E-state index in [4.69, 9.17) is 0 Å². The molecule has 36 heavy (non-hydrogen) atoms. The third-order valence-electron chi connectivity index (χ3n) is 6.00. The summed E-state index contributed by atoms with van der Waals surface area (Å²) in [5.74, 6) is 4.46. The maximum atomic E-state index is 12.6. The molecule has 1 amide bonds. The van der Waals surface area contributed by atoms with E-state index in [0.29, 0.717) is 19.5 Å². The van der Waals surface area contributed by atoms with Crippen LogP contribution in [0.15, 0.2) is 59.7 Å². The molecule has 2 heterocycles. The van der Waals surface area contributed by atoms with Gasteiger partial charge in [0.05, 0.1) is 18.1 Å². The third kappa shape index (κ3) is 6.56. The average molecular weight is 491 g/mol. The number of halogens is 1. The van der Waals surface area contributed by atoms with Crippen molar-refractivity contribution in [3.8, 4) is 17.6 Å². The Kier molecular flexibility index (Phi) is 8.10. The second-order valence-corrected chi connectivity index (χ2v) is 8.80. The van der Waals surface area contributed by atoms with E-state index >= 15 is 0 Å². The first kappa shape index (κ1) is 25.1. The lowest BCUT2D eigenvalue weighted by Crippen LogP contribution is -2.49. The number of amides is 1. The molecule has 0 spiro atoms. The number of β-amino-alcohol motifs (C(OH)–C–C–N with tert-alkyl or cyclic N) is 1. The van der Waals surface area contributed by atoms with Crippen molar-refractivity contribution in [1.82, 2.24) is 20.2 Å². The molecule has 1 saturated heterocycles. The predicted octanol–water partition coefficient (Wildman–Crippen LogP) is 1.46. The zero-order chi connectivity index (χ0) is 25.5. The number of aromatic hydroxyl groups is 1. The number of benzene rings is 2. The standard InChI is InChI=1S/C27H27FN4O4/c28-12-24(34)29-13-22(25-26(35)27(36)31-17-30-25)11-20-7-3-18(4-8-20)1-2-19-5-9-21(10-6-19)14-32-15-23(33)16-32/h3-10,17,22-23,33,35H,11-16H2,(H,29,34)(H,30,31,36). The Labute approximate surface area is 207 Å². The van der Waals surface area contributed by atoms with Gasteiger partial charge in [-0.3, -0.25) is 14.5 Å². The van der Waals surface area contributed by atoms with Crippen LogP contribution in [0, 0.1) is 11.8 Å². The molecule has 4 rings (SSSR count). The largest absolute Gasteiger partial charge is 0.502 e. The van der Waals surface area contributed by atoms with E-state index in [0.717, 1.165) is 23.2 Å². The first-order valence-electron chi connectivity index (χ1n) is 11.6. The summed E-state index contributed by atoms with van der Waals surface area (Å²) in [7, 11) is 0. The number of hydrogen-bond donors (Lipinski definition) is 4. The van der Waals surface area contributed by atoms with Crippen molar-refractivity contribution in [1.29, 1.82) is 0 Å². The molecular weight excluding hydrogens is 463 g/mol. The Morgan fingerprint density at radius 2 is 1.72 bits per heavy atom. The van der Waals surface area contributed by atoms with Crippen molar-refractivity contribution in [3.05, 3.63) is 93.2 Å². The van der Waals surface area contributed by atoms with Crippen LogP contribution >= 0.6 is 0 Å². The summed E-state index contributed by atoms with van der Waals surface area (Å²) in [6, 6.07) is 15.5. The molecule has 4 N–H and O–H groups in total. The number of alkyl halides is 1. The van der Waals surface area contributed by atoms with E-state index in [1.54, 1.807) is 0 Å². The summed E-state index contributed by atoms with van der Waals surface area (Å²) in [6.07, 6.45) is 1.34. The van der Waals surface area contributed by atoms with Gasteiger partial charge in [-0.25, -0.2) is 9.37 Å². The second-order valence-electron chi connectivity index (χ2n) is 8.80. The molecule has 1 aliphatic rings. The molecule has 0 aliphatic carbocycles. The van der Waals surface area contributed by atoms with Gasteiger partial charge in [0.15, 0.2) is 6.67 Å². The third-order valence-corrected chi connectivity index (χ3v) is 6.00. The molecule has 3 aromatic rings. The number of aliphatic hydroxyl groups excluding tert-OH is 1. The van der Waals surface area contributed by atoms with Gasteiger partial charge in [0.2, 0.25) is 5.75 Å². The first-order valence-corrected chi connectivity index (χ1v) is 11.6. The normalized spacial score (nSPS) is 14.4. The number of nitrogens with zero attached hydrogens (tertiary/aromatic N) is 2. The highest BCUT2D eigenvalue weighted by Crippen LogP contribution is 2.24. The fourth-order valence-electron chi connectivity index (χ4n) is 4.03. The molecule has 186 valence electrons. The SMILES string of the molecule is O=C(CF)NCC(Cc1ccc(C#Cc2ccc(CN3CC(O)C3)cc2)cc1)c1nc[nH]c(=O)c1O. The van der Waals surface area contributed by atoms with Gasteiger partial charge in [-0.15, -0.1) is 0 Å². The van der Waals surface area contributed by atoms with Crippen LogP contribution in [-0.2, 0) is 17.8 Å². The highest BCUT2D eigenvalue weighted by Gasteiger charge is 2.24. The Hall–Kier alpha value is -4.00. The Balaban J connectivity index is 1.41. The number of nitrogens with one attached hydrogen (secondary N) is 2. The molecular formula is C27H27FN4O4. The lowest BCUT2D eigenvalue weighted by molar-refractivity contribution is -0.122. The number of aromatic amines is 1. The van der Waals surface area contributed by atoms with Crippen LogP contribution in [0.3, 0.4) is 0 Å². The second kappa shape index (κ2) is 11.6. The van der Waals surface area contributed by atoms with Crippen molar-refractivity contribution in [2.24, 2.45) is 0 Å². The average Bonchev–Trinajstić information content (AvgIpc) is 2.87. The van der Waals surface area contributed by atoms with Gasteiger partial charge in [-0.2, -0.15) is 0 Å². The quantitative estimate of drug-likeness (QED) is 0.355. The molecule has 1 aliphatic heterocycles. The summed E-state index contributed by atoms with van der Waals surface area (Å²) < 4.78 is 12.6. The van der Waals surface area contributed by atoms with Crippen LogP contribution in [0.2, 0.25) is 0 Å². The number of carbonyl (C=O) groups excluding carboxylic acids is 1. The minimum Gasteiger partial charge on any atom is -0.502 e. The Morgan fingerprint density at radius 1 is 1.11 bits per heavy atom. The highest BCUT2D eigenvalue weighted by atomic mass is 19.1. The van der Waals surface area contributed by atoms with Crippen molar-refractivity contribution >= 4 is 5.91 Å². The summed E-state index contributed by atoms with van der Waals surface area (Å²) in [4.78, 5) is 31.8. The van der Waals surface area contributed by atoms with E-state index in [1.165, 1.54) is 11.9 Å². The molecule has 1 fully saturated rings. The zero-order valence-corrected chi connectivity index (χ0v) is 19.6. The maximum Gasteiger partial charge on any atom is 0.293 e. The molecule has 1 unspecified atom stereocenters. The fraction of sp³-hybridized carbons (Fsp3) is 0.296. The molecule has 9 heteroatoms. The topological polar surface area (TPSA) is 119 Å². The van der Waals surface area contributed by atoms with Crippen LogP contribution in [0.25, 0.3) is 0 Å². The minimum atomic E-state index is -1.15. The number of H-pyrrole nitrogens is 1. The first-order chi connectivity index (χ1) is 17.4. The van der Waals surface area contributed by atoms with E-state index in [-0.39, 0.29) is 18.3 Å². The van der Waals surface area contributed by atoms with Crippen LogP contribution in [0.4, 0.5) is 4.39 Å². The summed E-state index contributed by atoms with van der Waals surface area (Å²) in [5.41, 5.74) is 3.22. The van der Waals surface area contributed by atoms with Gasteiger partial charge >= 0.3 is 0 Å². The van der Waals surface area contributed by atoms with E-state index in [2.05, 4.69) is 32.0 Å². The number of rotatable bonds is 8. The molecule has 0 saturated carbocycles. The van der Waals surface area contributed by atoms with E-state index in [1.807, 2.05) is 48.5 Å². The molecule has 0 radical (unpaired) electrons. The van der Waals surface area contributed by atoms with Crippen molar-refractivity contribution < 1.29 is 19.4 Å². The van der Waals surface area contributed by atoms with Gasteiger partial charge in [-0.05, 0) is 41.8 Å². The number of likely N-dealkylation sites (tertiary alicyclic amines) is 1. The van der Waals surface area contributed by atoms with Crippen molar-refractivity contribution in [2.75, 3.05) is 26.3 Å². The molecule has 2 aromatic carbocycles.